The van der Waals surface area contributed by atoms with Gasteiger partial charge >= 0.3 is 5.97 Å². The van der Waals surface area contributed by atoms with Gasteiger partial charge in [0.25, 0.3) is 0 Å². The second kappa shape index (κ2) is 12.6. The van der Waals surface area contributed by atoms with Gasteiger partial charge in [-0.3, -0.25) is 9.59 Å². The highest BCUT2D eigenvalue weighted by atomic mass is 16.5. The third kappa shape index (κ3) is 8.70. The highest BCUT2D eigenvalue weighted by Crippen LogP contribution is 2.15. The second-order valence-corrected chi connectivity index (χ2v) is 5.87. The molecule has 24 heavy (non-hydrogen) atoms. The number of hydrogen-bond acceptors (Lipinski definition) is 4. The monoisotopic (exact) mass is 334 g/mol. The van der Waals surface area contributed by atoms with Gasteiger partial charge < -0.3 is 9.47 Å². The summed E-state index contributed by atoms with van der Waals surface area (Å²) in [5.41, 5.74) is 0.699. The zero-order valence-corrected chi connectivity index (χ0v) is 15.0. The van der Waals surface area contributed by atoms with Crippen molar-refractivity contribution in [1.82, 2.24) is 0 Å². The van der Waals surface area contributed by atoms with Crippen LogP contribution in [-0.2, 0) is 9.53 Å². The van der Waals surface area contributed by atoms with Gasteiger partial charge in [-0.2, -0.15) is 0 Å². The standard InChI is InChI=1S/C20H30O4/c1-3-5-6-9-16-24-18-14-12-17(13-15-18)19(21)10-7-8-11-20(22)23-4-2/h12-15H,3-11,16H2,1-2H3. The van der Waals surface area contributed by atoms with Crippen LogP contribution in [0.25, 0.3) is 0 Å². The lowest BCUT2D eigenvalue weighted by atomic mass is 10.0. The predicted molar refractivity (Wildman–Crippen MR) is 95.5 cm³/mol. The second-order valence-electron chi connectivity index (χ2n) is 5.87. The molecule has 0 fully saturated rings. The minimum Gasteiger partial charge on any atom is -0.494 e. The van der Waals surface area contributed by atoms with Gasteiger partial charge in [0, 0.05) is 18.4 Å². The fraction of sp³-hybridized carbons (Fsp3) is 0.600. The average Bonchev–Trinajstić information content (AvgIpc) is 2.59. The highest BCUT2D eigenvalue weighted by molar-refractivity contribution is 5.96. The lowest BCUT2D eigenvalue weighted by Crippen LogP contribution is -2.04. The summed E-state index contributed by atoms with van der Waals surface area (Å²) in [7, 11) is 0. The Hall–Kier alpha value is -1.84. The van der Waals surface area contributed by atoms with Gasteiger partial charge in [0.2, 0.25) is 0 Å². The summed E-state index contributed by atoms with van der Waals surface area (Å²) in [6.45, 7) is 5.11. The van der Waals surface area contributed by atoms with Crippen LogP contribution in [0.15, 0.2) is 24.3 Å². The number of hydrogen-bond donors (Lipinski definition) is 0. The van der Waals surface area contributed by atoms with Crippen molar-refractivity contribution in [3.63, 3.8) is 0 Å². The summed E-state index contributed by atoms with van der Waals surface area (Å²) in [6.07, 6.45) is 6.94. The topological polar surface area (TPSA) is 52.6 Å². The molecular formula is C20H30O4. The fourth-order valence-corrected chi connectivity index (χ4v) is 2.39. The molecule has 0 aliphatic carbocycles. The van der Waals surface area contributed by atoms with Gasteiger partial charge in [-0.1, -0.05) is 26.2 Å². The number of ketones is 1. The summed E-state index contributed by atoms with van der Waals surface area (Å²) in [4.78, 5) is 23.3. The first kappa shape index (κ1) is 20.2. The van der Waals surface area contributed by atoms with E-state index in [-0.39, 0.29) is 11.8 Å². The Balaban J connectivity index is 2.24. The van der Waals surface area contributed by atoms with Gasteiger partial charge in [-0.05, 0) is 50.5 Å². The van der Waals surface area contributed by atoms with Crippen LogP contribution in [0.1, 0.15) is 75.6 Å². The molecule has 4 nitrogen and oxygen atoms in total. The predicted octanol–water partition coefficient (Wildman–Crippen LogP) is 4.95. The molecule has 134 valence electrons. The minimum absolute atomic E-state index is 0.105. The van der Waals surface area contributed by atoms with E-state index < -0.39 is 0 Å². The van der Waals surface area contributed by atoms with Gasteiger partial charge in [-0.15, -0.1) is 0 Å². The number of benzene rings is 1. The van der Waals surface area contributed by atoms with E-state index >= 15 is 0 Å². The molecule has 1 aromatic carbocycles. The number of unbranched alkanes of at least 4 members (excludes halogenated alkanes) is 4. The number of carbonyl (C=O) groups is 2. The summed E-state index contributed by atoms with van der Waals surface area (Å²) in [6, 6.07) is 7.33. The van der Waals surface area contributed by atoms with Gasteiger partial charge in [0.05, 0.1) is 13.2 Å². The third-order valence-corrected chi connectivity index (χ3v) is 3.78. The summed E-state index contributed by atoms with van der Waals surface area (Å²) in [5.74, 6) is 0.726. The van der Waals surface area contributed by atoms with Crippen LogP contribution in [0.5, 0.6) is 5.75 Å². The SMILES string of the molecule is CCCCCCOc1ccc(C(=O)CCCCC(=O)OCC)cc1. The zero-order chi connectivity index (χ0) is 17.6. The molecule has 0 heterocycles. The van der Waals surface area contributed by atoms with Crippen molar-refractivity contribution >= 4 is 11.8 Å². The van der Waals surface area contributed by atoms with Crippen LogP contribution in [0.2, 0.25) is 0 Å². The number of rotatable bonds is 13. The molecule has 0 atom stereocenters. The third-order valence-electron chi connectivity index (χ3n) is 3.78. The molecule has 0 saturated carbocycles. The van der Waals surface area contributed by atoms with E-state index in [0.717, 1.165) is 18.8 Å². The largest absolute Gasteiger partial charge is 0.494 e. The molecule has 1 aromatic rings. The highest BCUT2D eigenvalue weighted by Gasteiger charge is 2.07. The Kier molecular flexibility index (Phi) is 10.6. The first-order valence-corrected chi connectivity index (χ1v) is 9.09. The van der Waals surface area contributed by atoms with Crippen LogP contribution in [0.4, 0.5) is 0 Å². The number of ether oxygens (including phenoxy) is 2. The normalized spacial score (nSPS) is 10.4. The molecule has 0 aromatic heterocycles. The van der Waals surface area contributed by atoms with E-state index in [4.69, 9.17) is 9.47 Å². The molecule has 0 radical (unpaired) electrons. The summed E-state index contributed by atoms with van der Waals surface area (Å²) < 4.78 is 10.5. The van der Waals surface area contributed by atoms with Gasteiger partial charge in [0.15, 0.2) is 5.78 Å². The molecule has 0 spiro atoms. The number of Topliss-reactive ketones (excluding diaryl/α,β-unsaturated/α-hetero) is 1. The van der Waals surface area contributed by atoms with Crippen molar-refractivity contribution in [1.29, 1.82) is 0 Å². The first-order valence-electron chi connectivity index (χ1n) is 9.09. The molecule has 0 aliphatic rings. The summed E-state index contributed by atoms with van der Waals surface area (Å²) in [5, 5.41) is 0. The zero-order valence-electron chi connectivity index (χ0n) is 15.0. The molecule has 0 amide bonds. The maximum atomic E-state index is 12.1. The van der Waals surface area contributed by atoms with Gasteiger partial charge in [-0.25, -0.2) is 0 Å². The van der Waals surface area contributed by atoms with Gasteiger partial charge in [0.1, 0.15) is 5.75 Å². The molecular weight excluding hydrogens is 304 g/mol. The molecule has 1 rings (SSSR count). The Morgan fingerprint density at radius 2 is 1.58 bits per heavy atom. The van der Waals surface area contributed by atoms with E-state index in [9.17, 15) is 9.59 Å². The maximum Gasteiger partial charge on any atom is 0.305 e. The Morgan fingerprint density at radius 1 is 0.875 bits per heavy atom. The lowest BCUT2D eigenvalue weighted by molar-refractivity contribution is -0.143. The maximum absolute atomic E-state index is 12.1. The molecule has 0 unspecified atom stereocenters. The Morgan fingerprint density at radius 3 is 2.25 bits per heavy atom. The Labute approximate surface area is 145 Å². The van der Waals surface area contributed by atoms with E-state index in [1.807, 2.05) is 24.3 Å². The number of esters is 1. The molecule has 0 aliphatic heterocycles. The van der Waals surface area contributed by atoms with Crippen LogP contribution in [-0.4, -0.2) is 25.0 Å². The lowest BCUT2D eigenvalue weighted by Gasteiger charge is -2.07. The van der Waals surface area contributed by atoms with E-state index in [1.165, 1.54) is 19.3 Å². The number of carbonyl (C=O) groups excluding carboxylic acids is 2. The van der Waals surface area contributed by atoms with Crippen LogP contribution in [0, 0.1) is 0 Å². The van der Waals surface area contributed by atoms with Crippen LogP contribution >= 0.6 is 0 Å². The first-order chi connectivity index (χ1) is 11.7. The summed E-state index contributed by atoms with van der Waals surface area (Å²) >= 11 is 0. The van der Waals surface area contributed by atoms with Crippen molar-refractivity contribution in [2.24, 2.45) is 0 Å². The molecule has 0 bridgehead atoms. The van der Waals surface area contributed by atoms with E-state index in [2.05, 4.69) is 6.92 Å². The van der Waals surface area contributed by atoms with Crippen molar-refractivity contribution in [3.8, 4) is 5.75 Å². The van der Waals surface area contributed by atoms with Crippen LogP contribution in [0.3, 0.4) is 0 Å². The Bertz CT molecular complexity index is 479. The van der Waals surface area contributed by atoms with Crippen molar-refractivity contribution in [2.75, 3.05) is 13.2 Å². The van der Waals surface area contributed by atoms with Crippen molar-refractivity contribution in [3.05, 3.63) is 29.8 Å². The fourth-order valence-electron chi connectivity index (χ4n) is 2.39. The molecule has 0 N–H and O–H groups in total. The van der Waals surface area contributed by atoms with Crippen molar-refractivity contribution in [2.45, 2.75) is 65.2 Å². The minimum atomic E-state index is -0.189. The van der Waals surface area contributed by atoms with Crippen LogP contribution < -0.4 is 4.74 Å². The van der Waals surface area contributed by atoms with E-state index in [0.29, 0.717) is 37.9 Å². The quantitative estimate of drug-likeness (QED) is 0.291. The van der Waals surface area contributed by atoms with E-state index in [1.54, 1.807) is 6.92 Å². The molecule has 4 heteroatoms. The van der Waals surface area contributed by atoms with Crippen molar-refractivity contribution < 1.29 is 19.1 Å². The smallest absolute Gasteiger partial charge is 0.305 e. The average molecular weight is 334 g/mol. The molecule has 0 saturated heterocycles.